The molecular formula is C20H16N3OY-. The van der Waals surface area contributed by atoms with Crippen molar-refractivity contribution in [1.82, 2.24) is 4.98 Å². The summed E-state index contributed by atoms with van der Waals surface area (Å²) < 4.78 is 0. The SMILES string of the molecule is [NH-]c1cc(CO)cc(Nc2c3ccccc3nc3ccccc23)c1.[Y]. The van der Waals surface area contributed by atoms with Crippen molar-refractivity contribution in [2.75, 3.05) is 5.32 Å². The van der Waals surface area contributed by atoms with E-state index in [9.17, 15) is 5.11 Å². The summed E-state index contributed by atoms with van der Waals surface area (Å²) in [4.78, 5) is 4.71. The van der Waals surface area contributed by atoms with Crippen LogP contribution in [-0.4, -0.2) is 10.1 Å². The Bertz CT molecular complexity index is 995. The van der Waals surface area contributed by atoms with E-state index in [4.69, 9.17) is 10.7 Å². The number of nitrogens with zero attached hydrogens (tertiary/aromatic N) is 1. The van der Waals surface area contributed by atoms with Gasteiger partial charge in [0.25, 0.3) is 0 Å². The molecule has 4 nitrogen and oxygen atoms in total. The molecule has 0 amide bonds. The standard InChI is InChI=1S/C20H16N3O.Y/c21-14-9-13(12-24)10-15(11-14)22-20-16-5-1-3-7-18(16)23-19-8-4-2-6-17(19)20;/h1-11,21,24H,12H2,(H,22,23);/q-1;. The maximum absolute atomic E-state index is 9.37. The maximum atomic E-state index is 9.37. The van der Waals surface area contributed by atoms with Crippen molar-refractivity contribution in [3.63, 3.8) is 0 Å². The van der Waals surface area contributed by atoms with Crippen molar-refractivity contribution in [3.8, 4) is 0 Å². The molecule has 3 N–H and O–H groups in total. The van der Waals surface area contributed by atoms with Crippen LogP contribution in [0, 0.1) is 0 Å². The minimum Gasteiger partial charge on any atom is -0.699 e. The van der Waals surface area contributed by atoms with Gasteiger partial charge in [-0.15, -0.1) is 5.69 Å². The van der Waals surface area contributed by atoms with E-state index in [2.05, 4.69) is 5.32 Å². The summed E-state index contributed by atoms with van der Waals surface area (Å²) in [6.45, 7) is -0.0841. The van der Waals surface area contributed by atoms with Gasteiger partial charge in [0.15, 0.2) is 0 Å². The van der Waals surface area contributed by atoms with Crippen molar-refractivity contribution in [2.45, 2.75) is 6.61 Å². The zero-order valence-corrected chi connectivity index (χ0v) is 16.4. The van der Waals surface area contributed by atoms with Crippen LogP contribution < -0.4 is 5.32 Å². The Morgan fingerprint density at radius 2 is 1.48 bits per heavy atom. The number of nitrogens with one attached hydrogen (secondary N) is 2. The number of benzene rings is 3. The number of fused-ring (bicyclic) bond motifs is 2. The third-order valence-corrected chi connectivity index (χ3v) is 4.03. The molecule has 0 aliphatic heterocycles. The molecule has 0 atom stereocenters. The van der Waals surface area contributed by atoms with Crippen LogP contribution >= 0.6 is 0 Å². The normalized spacial score (nSPS) is 10.6. The molecule has 1 aromatic heterocycles. The van der Waals surface area contributed by atoms with Gasteiger partial charge in [-0.2, -0.15) is 0 Å². The summed E-state index contributed by atoms with van der Waals surface area (Å²) in [7, 11) is 0. The fourth-order valence-corrected chi connectivity index (χ4v) is 2.97. The van der Waals surface area contributed by atoms with Crippen molar-refractivity contribution in [2.24, 2.45) is 0 Å². The number of rotatable bonds is 3. The predicted molar refractivity (Wildman–Crippen MR) is 98.9 cm³/mol. The molecule has 5 heteroatoms. The second kappa shape index (κ2) is 7.48. The Labute approximate surface area is 171 Å². The summed E-state index contributed by atoms with van der Waals surface area (Å²) in [5.41, 5.74) is 12.6. The molecule has 25 heavy (non-hydrogen) atoms. The molecule has 0 unspecified atom stereocenters. The molecule has 0 saturated heterocycles. The van der Waals surface area contributed by atoms with Gasteiger partial charge in [0.1, 0.15) is 0 Å². The number of para-hydroxylation sites is 2. The second-order valence-corrected chi connectivity index (χ2v) is 5.72. The molecule has 0 aliphatic rings. The van der Waals surface area contributed by atoms with Crippen molar-refractivity contribution in [1.29, 1.82) is 0 Å². The van der Waals surface area contributed by atoms with Crippen LogP contribution in [0.25, 0.3) is 27.5 Å². The van der Waals surface area contributed by atoms with E-state index in [1.165, 1.54) is 0 Å². The third kappa shape index (κ3) is 3.52. The van der Waals surface area contributed by atoms with Gasteiger partial charge < -0.3 is 16.2 Å². The van der Waals surface area contributed by atoms with Gasteiger partial charge in [-0.25, -0.2) is 4.98 Å². The smallest absolute Gasteiger partial charge is 0.0730 e. The first-order valence-electron chi connectivity index (χ1n) is 7.75. The van der Waals surface area contributed by atoms with E-state index in [0.717, 1.165) is 33.2 Å². The summed E-state index contributed by atoms with van der Waals surface area (Å²) in [6.07, 6.45) is 0. The molecule has 4 aromatic rings. The number of pyridine rings is 1. The molecule has 0 saturated carbocycles. The molecule has 0 aliphatic carbocycles. The Balaban J connectivity index is 0.00000182. The first-order valence-corrected chi connectivity index (χ1v) is 7.75. The molecule has 0 fully saturated rings. The van der Waals surface area contributed by atoms with Gasteiger partial charge in [0.2, 0.25) is 0 Å². The van der Waals surface area contributed by atoms with Crippen molar-refractivity contribution in [3.05, 3.63) is 78.0 Å². The molecule has 1 heterocycles. The number of aliphatic hydroxyl groups is 1. The maximum Gasteiger partial charge on any atom is 0.0730 e. The van der Waals surface area contributed by atoms with Crippen molar-refractivity contribution >= 4 is 38.9 Å². The number of hydrogen-bond acceptors (Lipinski definition) is 3. The average Bonchev–Trinajstić information content (AvgIpc) is 2.61. The quantitative estimate of drug-likeness (QED) is 0.456. The molecule has 0 spiro atoms. The van der Waals surface area contributed by atoms with Crippen LogP contribution in [0.3, 0.4) is 0 Å². The Morgan fingerprint density at radius 1 is 0.880 bits per heavy atom. The minimum atomic E-state index is -0.0841. The van der Waals surface area contributed by atoms with Gasteiger partial charge in [-0.3, -0.25) is 0 Å². The van der Waals surface area contributed by atoms with Crippen LogP contribution in [-0.2, 0) is 39.3 Å². The van der Waals surface area contributed by atoms with Crippen LogP contribution in [0.1, 0.15) is 5.56 Å². The monoisotopic (exact) mass is 403 g/mol. The molecule has 0 bridgehead atoms. The first-order chi connectivity index (χ1) is 11.7. The zero-order chi connectivity index (χ0) is 16.5. The van der Waals surface area contributed by atoms with E-state index in [-0.39, 0.29) is 39.3 Å². The second-order valence-electron chi connectivity index (χ2n) is 5.72. The summed E-state index contributed by atoms with van der Waals surface area (Å²) in [5.74, 6) is 0. The largest absolute Gasteiger partial charge is 0.699 e. The van der Waals surface area contributed by atoms with Crippen LogP contribution in [0.15, 0.2) is 66.7 Å². The minimum absolute atomic E-state index is 0. The van der Waals surface area contributed by atoms with Crippen LogP contribution in [0.4, 0.5) is 17.1 Å². The molecule has 4 rings (SSSR count). The predicted octanol–water partition coefficient (Wildman–Crippen LogP) is 5.31. The van der Waals surface area contributed by atoms with E-state index in [1.54, 1.807) is 12.1 Å². The van der Waals surface area contributed by atoms with Crippen LogP contribution in [0.2, 0.25) is 0 Å². The zero-order valence-electron chi connectivity index (χ0n) is 13.5. The Morgan fingerprint density at radius 3 is 2.08 bits per heavy atom. The molecule has 3 aromatic carbocycles. The van der Waals surface area contributed by atoms with Gasteiger partial charge in [0, 0.05) is 49.2 Å². The Kier molecular flexibility index (Phi) is 5.33. The van der Waals surface area contributed by atoms with E-state index < -0.39 is 0 Å². The summed E-state index contributed by atoms with van der Waals surface area (Å²) >= 11 is 0. The third-order valence-electron chi connectivity index (χ3n) is 4.03. The van der Waals surface area contributed by atoms with Crippen LogP contribution in [0.5, 0.6) is 0 Å². The van der Waals surface area contributed by atoms with Crippen molar-refractivity contribution < 1.29 is 37.8 Å². The molecule has 121 valence electrons. The number of anilines is 2. The summed E-state index contributed by atoms with van der Waals surface area (Å²) in [6, 6.07) is 21.3. The topological polar surface area (TPSA) is 69.0 Å². The van der Waals surface area contributed by atoms with E-state index in [0.29, 0.717) is 11.3 Å². The Hall–Kier alpha value is -2.01. The van der Waals surface area contributed by atoms with E-state index >= 15 is 0 Å². The van der Waals surface area contributed by atoms with Gasteiger partial charge >= 0.3 is 0 Å². The molecular weight excluding hydrogens is 387 g/mol. The number of hydrogen-bond donors (Lipinski definition) is 2. The molecule has 1 radical (unpaired) electrons. The fraction of sp³-hybridized carbons (Fsp3) is 0.0500. The first kappa shape index (κ1) is 17.8. The number of aliphatic hydroxyl groups excluding tert-OH is 1. The fourth-order valence-electron chi connectivity index (χ4n) is 2.97. The van der Waals surface area contributed by atoms with E-state index in [1.807, 2.05) is 54.6 Å². The van der Waals surface area contributed by atoms with Gasteiger partial charge in [-0.05, 0) is 23.8 Å². The summed E-state index contributed by atoms with van der Waals surface area (Å²) in [5, 5.41) is 14.9. The average molecular weight is 403 g/mol. The van der Waals surface area contributed by atoms with Gasteiger partial charge in [-0.1, -0.05) is 48.5 Å². The number of aromatic nitrogens is 1. The van der Waals surface area contributed by atoms with Gasteiger partial charge in [0.05, 0.1) is 23.3 Å².